The second-order valence-corrected chi connectivity index (χ2v) is 6.69. The second kappa shape index (κ2) is 7.99. The molecular formula is C20H21N3O4. The Labute approximate surface area is 157 Å². The Kier molecular flexibility index (Phi) is 5.49. The van der Waals surface area contributed by atoms with Gasteiger partial charge < -0.3 is 10.2 Å². The third kappa shape index (κ3) is 4.69. The van der Waals surface area contributed by atoms with Gasteiger partial charge in [0, 0.05) is 30.3 Å². The molecular weight excluding hydrogens is 346 g/mol. The van der Waals surface area contributed by atoms with Crippen LogP contribution in [0.15, 0.2) is 54.6 Å². The molecule has 2 aromatic carbocycles. The topological polar surface area (TPSA) is 92.5 Å². The van der Waals surface area contributed by atoms with Gasteiger partial charge in [0.1, 0.15) is 6.04 Å². The molecule has 1 aliphatic rings. The predicted octanol–water partition coefficient (Wildman–Crippen LogP) is 2.90. The van der Waals surface area contributed by atoms with Crippen molar-refractivity contribution in [1.82, 2.24) is 10.2 Å². The summed E-state index contributed by atoms with van der Waals surface area (Å²) in [6.07, 6.45) is 1.92. The van der Waals surface area contributed by atoms with Crippen molar-refractivity contribution in [2.24, 2.45) is 0 Å². The van der Waals surface area contributed by atoms with E-state index in [1.807, 2.05) is 30.3 Å². The summed E-state index contributed by atoms with van der Waals surface area (Å²) in [6.45, 7) is 2.14. The van der Waals surface area contributed by atoms with Crippen LogP contribution < -0.4 is 5.32 Å². The van der Waals surface area contributed by atoms with Crippen LogP contribution in [-0.2, 0) is 11.3 Å². The number of hydrogen-bond donors (Lipinski definition) is 1. The highest BCUT2D eigenvalue weighted by Gasteiger charge is 2.35. The van der Waals surface area contributed by atoms with Crippen molar-refractivity contribution in [2.75, 3.05) is 0 Å². The van der Waals surface area contributed by atoms with Gasteiger partial charge >= 0.3 is 0 Å². The minimum atomic E-state index is -0.721. The minimum absolute atomic E-state index is 0.153. The summed E-state index contributed by atoms with van der Waals surface area (Å²) in [4.78, 5) is 37.4. The number of carbonyl (C=O) groups excluding carboxylic acids is 2. The fourth-order valence-corrected chi connectivity index (χ4v) is 2.90. The van der Waals surface area contributed by atoms with Crippen molar-refractivity contribution < 1.29 is 14.5 Å². The fraction of sp³-hybridized carbons (Fsp3) is 0.300. The molecule has 7 heteroatoms. The van der Waals surface area contributed by atoms with Crippen LogP contribution in [0.3, 0.4) is 0 Å². The number of nitrogens with one attached hydrogen (secondary N) is 1. The van der Waals surface area contributed by atoms with Crippen molar-refractivity contribution in [2.45, 2.75) is 38.4 Å². The fourth-order valence-electron chi connectivity index (χ4n) is 2.90. The third-order valence-electron chi connectivity index (χ3n) is 4.50. The standard InChI is InChI=1S/C20H21N3O4/c1-14(21-19(24)16-8-5-9-18(12-16)23(26)27)20(25)22(17-10-11-17)13-15-6-3-2-4-7-15/h2-9,12,14,17H,10-11,13H2,1H3,(H,21,24). The first-order valence-electron chi connectivity index (χ1n) is 8.85. The first kappa shape index (κ1) is 18.6. The average Bonchev–Trinajstić information content (AvgIpc) is 3.51. The second-order valence-electron chi connectivity index (χ2n) is 6.69. The van der Waals surface area contributed by atoms with E-state index >= 15 is 0 Å². The molecule has 1 atom stereocenters. The molecule has 1 saturated carbocycles. The lowest BCUT2D eigenvalue weighted by Crippen LogP contribution is -2.47. The number of nitrogens with zero attached hydrogens (tertiary/aromatic N) is 2. The molecule has 1 aliphatic carbocycles. The summed E-state index contributed by atoms with van der Waals surface area (Å²) in [7, 11) is 0. The Morgan fingerprint density at radius 3 is 2.52 bits per heavy atom. The van der Waals surface area contributed by atoms with Gasteiger partial charge in [0.05, 0.1) is 4.92 Å². The summed E-state index contributed by atoms with van der Waals surface area (Å²) >= 11 is 0. The van der Waals surface area contributed by atoms with Gasteiger partial charge in [-0.25, -0.2) is 0 Å². The molecule has 140 valence electrons. The van der Waals surface area contributed by atoms with Crippen LogP contribution in [0.25, 0.3) is 0 Å². The van der Waals surface area contributed by atoms with Crippen LogP contribution >= 0.6 is 0 Å². The molecule has 0 aromatic heterocycles. The maximum atomic E-state index is 12.9. The summed E-state index contributed by atoms with van der Waals surface area (Å²) in [6, 6.07) is 14.7. The molecule has 0 radical (unpaired) electrons. The van der Waals surface area contributed by atoms with Crippen LogP contribution in [0, 0.1) is 10.1 Å². The van der Waals surface area contributed by atoms with Gasteiger partial charge in [-0.2, -0.15) is 0 Å². The smallest absolute Gasteiger partial charge is 0.270 e. The van der Waals surface area contributed by atoms with E-state index in [2.05, 4.69) is 5.32 Å². The molecule has 1 unspecified atom stereocenters. The number of benzene rings is 2. The first-order chi connectivity index (χ1) is 13.0. The molecule has 0 aliphatic heterocycles. The van der Waals surface area contributed by atoms with Crippen molar-refractivity contribution in [3.63, 3.8) is 0 Å². The Balaban J connectivity index is 1.67. The van der Waals surface area contributed by atoms with E-state index in [1.165, 1.54) is 24.3 Å². The van der Waals surface area contributed by atoms with Crippen LogP contribution in [-0.4, -0.2) is 33.7 Å². The molecule has 1 N–H and O–H groups in total. The van der Waals surface area contributed by atoms with Crippen molar-refractivity contribution in [3.05, 3.63) is 75.8 Å². The van der Waals surface area contributed by atoms with Gasteiger partial charge in [-0.15, -0.1) is 0 Å². The highest BCUT2D eigenvalue weighted by Crippen LogP contribution is 2.29. The summed E-state index contributed by atoms with van der Waals surface area (Å²) in [5.41, 5.74) is 1.03. The number of amides is 2. The molecule has 2 aromatic rings. The van der Waals surface area contributed by atoms with Gasteiger partial charge in [-0.05, 0) is 31.4 Å². The maximum Gasteiger partial charge on any atom is 0.270 e. The lowest BCUT2D eigenvalue weighted by molar-refractivity contribution is -0.384. The highest BCUT2D eigenvalue weighted by atomic mass is 16.6. The van der Waals surface area contributed by atoms with E-state index in [-0.39, 0.29) is 23.2 Å². The number of non-ortho nitro benzene ring substituents is 1. The Hall–Kier alpha value is -3.22. The minimum Gasteiger partial charge on any atom is -0.341 e. The van der Waals surface area contributed by atoms with Gasteiger partial charge in [-0.1, -0.05) is 36.4 Å². The van der Waals surface area contributed by atoms with Crippen LogP contribution in [0.4, 0.5) is 5.69 Å². The zero-order chi connectivity index (χ0) is 19.4. The van der Waals surface area contributed by atoms with Gasteiger partial charge in [0.15, 0.2) is 0 Å². The Bertz CT molecular complexity index is 849. The monoisotopic (exact) mass is 367 g/mol. The number of rotatable bonds is 7. The molecule has 2 amide bonds. The summed E-state index contributed by atoms with van der Waals surface area (Å²) in [5.74, 6) is -0.657. The van der Waals surface area contributed by atoms with E-state index in [4.69, 9.17) is 0 Å². The van der Waals surface area contributed by atoms with Gasteiger partial charge in [0.2, 0.25) is 5.91 Å². The van der Waals surface area contributed by atoms with Crippen molar-refractivity contribution in [3.8, 4) is 0 Å². The summed E-state index contributed by atoms with van der Waals surface area (Å²) in [5, 5.41) is 13.5. The molecule has 0 heterocycles. The number of hydrogen-bond acceptors (Lipinski definition) is 4. The van der Waals surface area contributed by atoms with Crippen LogP contribution in [0.2, 0.25) is 0 Å². The van der Waals surface area contributed by atoms with E-state index in [0.29, 0.717) is 6.54 Å². The van der Waals surface area contributed by atoms with Gasteiger partial charge in [-0.3, -0.25) is 19.7 Å². The first-order valence-corrected chi connectivity index (χ1v) is 8.85. The van der Waals surface area contributed by atoms with E-state index in [0.717, 1.165) is 18.4 Å². The number of nitro benzene ring substituents is 1. The number of carbonyl (C=O) groups is 2. The van der Waals surface area contributed by atoms with Crippen molar-refractivity contribution in [1.29, 1.82) is 0 Å². The largest absolute Gasteiger partial charge is 0.341 e. The van der Waals surface area contributed by atoms with Gasteiger partial charge in [0.25, 0.3) is 11.6 Å². The number of nitro groups is 1. The van der Waals surface area contributed by atoms with Crippen LogP contribution in [0.1, 0.15) is 35.7 Å². The Morgan fingerprint density at radius 1 is 1.19 bits per heavy atom. The van der Waals surface area contributed by atoms with E-state index < -0.39 is 16.9 Å². The molecule has 0 bridgehead atoms. The zero-order valence-corrected chi connectivity index (χ0v) is 15.0. The lowest BCUT2D eigenvalue weighted by Gasteiger charge is -2.26. The summed E-state index contributed by atoms with van der Waals surface area (Å²) < 4.78 is 0. The molecule has 0 saturated heterocycles. The SMILES string of the molecule is CC(NC(=O)c1cccc([N+](=O)[O-])c1)C(=O)N(Cc1ccccc1)C1CC1. The molecule has 27 heavy (non-hydrogen) atoms. The zero-order valence-electron chi connectivity index (χ0n) is 15.0. The molecule has 3 rings (SSSR count). The average molecular weight is 367 g/mol. The highest BCUT2D eigenvalue weighted by molar-refractivity contribution is 5.98. The lowest BCUT2D eigenvalue weighted by atomic mass is 10.1. The normalized spacial score (nSPS) is 14.3. The quantitative estimate of drug-likeness (QED) is 0.601. The maximum absolute atomic E-state index is 12.9. The Morgan fingerprint density at radius 2 is 1.89 bits per heavy atom. The molecule has 1 fully saturated rings. The van der Waals surface area contributed by atoms with Crippen LogP contribution in [0.5, 0.6) is 0 Å². The predicted molar refractivity (Wildman–Crippen MR) is 100 cm³/mol. The van der Waals surface area contributed by atoms with Crippen molar-refractivity contribution >= 4 is 17.5 Å². The van der Waals surface area contributed by atoms with E-state index in [9.17, 15) is 19.7 Å². The third-order valence-corrected chi connectivity index (χ3v) is 4.50. The molecule has 0 spiro atoms. The van der Waals surface area contributed by atoms with E-state index in [1.54, 1.807) is 11.8 Å². The molecule has 7 nitrogen and oxygen atoms in total.